The van der Waals surface area contributed by atoms with Crippen molar-refractivity contribution in [2.75, 3.05) is 0 Å². The third kappa shape index (κ3) is 5.01. The van der Waals surface area contributed by atoms with Gasteiger partial charge < -0.3 is 5.32 Å². The fourth-order valence-electron chi connectivity index (χ4n) is 2.04. The largest absolute Gasteiger partial charge is 0.352 e. The molecule has 0 bridgehead atoms. The van der Waals surface area contributed by atoms with Crippen molar-refractivity contribution in [1.82, 2.24) is 5.32 Å². The Labute approximate surface area is 101 Å². The molecule has 88 valence electrons. The molecule has 2 nitrogen and oxygen atoms in total. The molecule has 1 fully saturated rings. The number of halogens is 1. The Morgan fingerprint density at radius 3 is 2.80 bits per heavy atom. The number of carbonyl (C=O) groups is 1. The first-order valence-electron chi connectivity index (χ1n) is 6.17. The Hall–Kier alpha value is -0.0500. The molecule has 0 aromatic carbocycles. The number of unbranched alkanes of at least 4 members (excludes halogenated alkanes) is 1. The molecule has 1 saturated carbocycles. The highest BCUT2D eigenvalue weighted by molar-refractivity contribution is 9.09. The van der Waals surface area contributed by atoms with Crippen molar-refractivity contribution in [1.29, 1.82) is 0 Å². The van der Waals surface area contributed by atoms with Crippen LogP contribution < -0.4 is 5.32 Å². The molecule has 0 radical (unpaired) electrons. The highest BCUT2D eigenvalue weighted by Gasteiger charge is 2.22. The molecule has 1 aliphatic rings. The van der Waals surface area contributed by atoms with Crippen LogP contribution in [0.15, 0.2) is 0 Å². The van der Waals surface area contributed by atoms with E-state index in [0.29, 0.717) is 17.3 Å². The van der Waals surface area contributed by atoms with Crippen LogP contribution in [0, 0.1) is 0 Å². The summed E-state index contributed by atoms with van der Waals surface area (Å²) in [6, 6.07) is 0.358. The van der Waals surface area contributed by atoms with E-state index in [0.717, 1.165) is 19.3 Å². The van der Waals surface area contributed by atoms with Gasteiger partial charge in [0.25, 0.3) is 0 Å². The van der Waals surface area contributed by atoms with Crippen LogP contribution in [0.25, 0.3) is 0 Å². The summed E-state index contributed by atoms with van der Waals surface area (Å²) < 4.78 is 0. The van der Waals surface area contributed by atoms with Crippen molar-refractivity contribution in [3.63, 3.8) is 0 Å². The van der Waals surface area contributed by atoms with Crippen molar-refractivity contribution in [2.45, 2.75) is 69.2 Å². The molecular formula is C12H22BrNO. The van der Waals surface area contributed by atoms with Crippen molar-refractivity contribution in [3.8, 4) is 0 Å². The molecule has 1 rings (SSSR count). The summed E-state index contributed by atoms with van der Waals surface area (Å²) in [4.78, 5) is 12.1. The highest BCUT2D eigenvalue weighted by atomic mass is 79.9. The van der Waals surface area contributed by atoms with E-state index in [1.54, 1.807) is 0 Å². The lowest BCUT2D eigenvalue weighted by molar-refractivity contribution is -0.121. The first-order chi connectivity index (χ1) is 7.24. The first-order valence-corrected chi connectivity index (χ1v) is 7.09. The van der Waals surface area contributed by atoms with E-state index < -0.39 is 0 Å². The lowest BCUT2D eigenvalue weighted by Crippen LogP contribution is -2.40. The van der Waals surface area contributed by atoms with E-state index in [9.17, 15) is 4.79 Å². The van der Waals surface area contributed by atoms with Gasteiger partial charge in [-0.25, -0.2) is 0 Å². The standard InChI is InChI=1S/C12H22BrNO/c1-2-3-9-12(15)14-11-8-6-4-5-7-10(11)13/h10-11H,2-9H2,1H3,(H,14,15). The molecule has 1 N–H and O–H groups in total. The lowest BCUT2D eigenvalue weighted by Gasteiger charge is -2.21. The molecule has 2 unspecified atom stereocenters. The maximum absolute atomic E-state index is 11.6. The topological polar surface area (TPSA) is 29.1 Å². The predicted octanol–water partition coefficient (Wildman–Crippen LogP) is 3.39. The second-order valence-corrected chi connectivity index (χ2v) is 5.61. The molecular weight excluding hydrogens is 254 g/mol. The summed E-state index contributed by atoms with van der Waals surface area (Å²) in [6.07, 6.45) is 8.96. The fraction of sp³-hybridized carbons (Fsp3) is 0.917. The van der Waals surface area contributed by atoms with Gasteiger partial charge in [0.05, 0.1) is 0 Å². The Morgan fingerprint density at radius 1 is 1.33 bits per heavy atom. The first kappa shape index (κ1) is 13.0. The van der Waals surface area contributed by atoms with E-state index in [-0.39, 0.29) is 5.91 Å². The average Bonchev–Trinajstić information content (AvgIpc) is 2.42. The number of rotatable bonds is 4. The monoisotopic (exact) mass is 275 g/mol. The van der Waals surface area contributed by atoms with E-state index in [4.69, 9.17) is 0 Å². The van der Waals surface area contributed by atoms with Gasteiger partial charge in [-0.1, -0.05) is 48.5 Å². The molecule has 1 aliphatic carbocycles. The highest BCUT2D eigenvalue weighted by Crippen LogP contribution is 2.23. The summed E-state index contributed by atoms with van der Waals surface area (Å²) in [5.74, 6) is 0.230. The molecule has 15 heavy (non-hydrogen) atoms. The van der Waals surface area contributed by atoms with E-state index in [1.165, 1.54) is 25.7 Å². The van der Waals surface area contributed by atoms with Gasteiger partial charge >= 0.3 is 0 Å². The van der Waals surface area contributed by atoms with Crippen LogP contribution in [-0.2, 0) is 4.79 Å². The molecule has 0 aliphatic heterocycles. The predicted molar refractivity (Wildman–Crippen MR) is 67.3 cm³/mol. The molecule has 0 aromatic rings. The van der Waals surface area contributed by atoms with Gasteiger partial charge in [-0.15, -0.1) is 0 Å². The number of hydrogen-bond donors (Lipinski definition) is 1. The summed E-state index contributed by atoms with van der Waals surface area (Å²) in [5.41, 5.74) is 0. The van der Waals surface area contributed by atoms with Crippen molar-refractivity contribution in [2.24, 2.45) is 0 Å². The smallest absolute Gasteiger partial charge is 0.220 e. The van der Waals surface area contributed by atoms with Crippen molar-refractivity contribution < 1.29 is 4.79 Å². The van der Waals surface area contributed by atoms with Crippen LogP contribution in [-0.4, -0.2) is 16.8 Å². The van der Waals surface area contributed by atoms with Gasteiger partial charge in [0.15, 0.2) is 0 Å². The second-order valence-electron chi connectivity index (χ2n) is 4.43. The zero-order valence-electron chi connectivity index (χ0n) is 9.60. The quantitative estimate of drug-likeness (QED) is 0.619. The normalized spacial score (nSPS) is 27.1. The molecule has 0 aromatic heterocycles. The lowest BCUT2D eigenvalue weighted by atomic mass is 10.1. The van der Waals surface area contributed by atoms with Gasteiger partial charge in [-0.3, -0.25) is 4.79 Å². The van der Waals surface area contributed by atoms with E-state index in [2.05, 4.69) is 28.2 Å². The summed E-state index contributed by atoms with van der Waals surface area (Å²) in [6.45, 7) is 2.12. The third-order valence-electron chi connectivity index (χ3n) is 3.04. The number of alkyl halides is 1. The van der Waals surface area contributed by atoms with Crippen LogP contribution in [0.5, 0.6) is 0 Å². The fourth-order valence-corrected chi connectivity index (χ4v) is 2.76. The zero-order valence-corrected chi connectivity index (χ0v) is 11.2. The molecule has 0 heterocycles. The Kier molecular flexibility index (Phi) is 6.30. The maximum atomic E-state index is 11.6. The molecule has 2 atom stereocenters. The molecule has 3 heteroatoms. The number of nitrogens with one attached hydrogen (secondary N) is 1. The summed E-state index contributed by atoms with van der Waals surface area (Å²) >= 11 is 3.69. The van der Waals surface area contributed by atoms with Crippen molar-refractivity contribution in [3.05, 3.63) is 0 Å². The minimum Gasteiger partial charge on any atom is -0.352 e. The van der Waals surface area contributed by atoms with Gasteiger partial charge in [0.2, 0.25) is 5.91 Å². The van der Waals surface area contributed by atoms with E-state index >= 15 is 0 Å². The van der Waals surface area contributed by atoms with Crippen LogP contribution >= 0.6 is 15.9 Å². The Balaban J connectivity index is 2.30. The maximum Gasteiger partial charge on any atom is 0.220 e. The number of carbonyl (C=O) groups excluding carboxylic acids is 1. The van der Waals surface area contributed by atoms with Crippen LogP contribution in [0.2, 0.25) is 0 Å². The second kappa shape index (κ2) is 7.26. The zero-order chi connectivity index (χ0) is 11.1. The summed E-state index contributed by atoms with van der Waals surface area (Å²) in [7, 11) is 0. The minimum atomic E-state index is 0.230. The Bertz CT molecular complexity index is 196. The van der Waals surface area contributed by atoms with Gasteiger partial charge in [-0.05, 0) is 19.3 Å². The van der Waals surface area contributed by atoms with Crippen LogP contribution in [0.4, 0.5) is 0 Å². The SMILES string of the molecule is CCCCC(=O)NC1CCCCCC1Br. The minimum absolute atomic E-state index is 0.230. The van der Waals surface area contributed by atoms with Crippen LogP contribution in [0.3, 0.4) is 0 Å². The van der Waals surface area contributed by atoms with Gasteiger partial charge in [0.1, 0.15) is 0 Å². The van der Waals surface area contributed by atoms with Crippen LogP contribution in [0.1, 0.15) is 58.3 Å². The molecule has 0 saturated heterocycles. The Morgan fingerprint density at radius 2 is 2.07 bits per heavy atom. The third-order valence-corrected chi connectivity index (χ3v) is 4.13. The molecule has 1 amide bonds. The summed E-state index contributed by atoms with van der Waals surface area (Å²) in [5, 5.41) is 3.16. The number of hydrogen-bond acceptors (Lipinski definition) is 1. The number of amides is 1. The van der Waals surface area contributed by atoms with Gasteiger partial charge in [-0.2, -0.15) is 0 Å². The average molecular weight is 276 g/mol. The van der Waals surface area contributed by atoms with Gasteiger partial charge in [0, 0.05) is 17.3 Å². The van der Waals surface area contributed by atoms with Crippen molar-refractivity contribution >= 4 is 21.8 Å². The van der Waals surface area contributed by atoms with E-state index in [1.807, 2.05) is 0 Å². The molecule has 0 spiro atoms.